The number of hydrogen-bond donors (Lipinski definition) is 1. The van der Waals surface area contributed by atoms with E-state index in [0.29, 0.717) is 37.3 Å². The Kier molecular flexibility index (Phi) is 5.54. The van der Waals surface area contributed by atoms with Crippen molar-refractivity contribution in [3.05, 3.63) is 47.7 Å². The van der Waals surface area contributed by atoms with Crippen LogP contribution in [0, 0.1) is 5.41 Å². The smallest absolute Gasteiger partial charge is 0.276 e. The summed E-state index contributed by atoms with van der Waals surface area (Å²) in [5, 5.41) is 3.12. The number of aromatic nitrogens is 1. The molecule has 7 nitrogen and oxygen atoms in total. The Morgan fingerprint density at radius 2 is 2.10 bits per heavy atom. The van der Waals surface area contributed by atoms with Crippen LogP contribution in [0.15, 0.2) is 35.1 Å². The first-order valence-electron chi connectivity index (χ1n) is 10.7. The Balaban J connectivity index is 1.54. The Morgan fingerprint density at radius 1 is 1.30 bits per heavy atom. The van der Waals surface area contributed by atoms with Gasteiger partial charge in [-0.3, -0.25) is 9.59 Å². The van der Waals surface area contributed by atoms with Crippen molar-refractivity contribution in [1.82, 2.24) is 15.2 Å². The monoisotopic (exact) mass is 411 g/mol. The maximum atomic E-state index is 13.4. The van der Waals surface area contributed by atoms with Crippen LogP contribution in [0.1, 0.15) is 61.3 Å². The molecule has 2 aliphatic rings. The van der Waals surface area contributed by atoms with Crippen molar-refractivity contribution in [2.75, 3.05) is 7.11 Å². The summed E-state index contributed by atoms with van der Waals surface area (Å²) < 4.78 is 10.8. The molecule has 2 aromatic rings. The molecule has 0 unspecified atom stereocenters. The molecule has 2 fully saturated rings. The summed E-state index contributed by atoms with van der Waals surface area (Å²) in [5.41, 5.74) is 0.748. The molecular formula is C23H29N3O4. The molecule has 0 spiro atoms. The lowest BCUT2D eigenvalue weighted by atomic mass is 9.71. The zero-order valence-corrected chi connectivity index (χ0v) is 17.8. The number of nitrogens with zero attached hydrogens (tertiary/aromatic N) is 2. The van der Waals surface area contributed by atoms with Crippen molar-refractivity contribution in [1.29, 1.82) is 0 Å². The standard InChI is InChI=1S/C23H29N3O4/c1-4-17-20(25-14-30-17)21(27)26-16-10-11-19(26)23(5-2,12-16)22(28)24-13-15-8-6-7-9-18(15)29-3/h6-9,14,16,19H,4-5,10-13H2,1-3H3,(H,24,28)/t16-,19+,23+/m1/s1. The number of rotatable bonds is 7. The summed E-state index contributed by atoms with van der Waals surface area (Å²) in [4.78, 5) is 32.8. The molecular weight excluding hydrogens is 382 g/mol. The molecule has 7 heteroatoms. The first-order valence-corrected chi connectivity index (χ1v) is 10.7. The van der Waals surface area contributed by atoms with E-state index in [9.17, 15) is 9.59 Å². The molecule has 0 radical (unpaired) electrons. The lowest BCUT2D eigenvalue weighted by Crippen LogP contribution is -2.49. The molecule has 30 heavy (non-hydrogen) atoms. The number of methoxy groups -OCH3 is 1. The van der Waals surface area contributed by atoms with Gasteiger partial charge in [-0.15, -0.1) is 0 Å². The van der Waals surface area contributed by atoms with Gasteiger partial charge in [-0.1, -0.05) is 32.0 Å². The second-order valence-corrected chi connectivity index (χ2v) is 8.15. The number of oxazole rings is 1. The van der Waals surface area contributed by atoms with E-state index >= 15 is 0 Å². The number of carbonyl (C=O) groups excluding carboxylic acids is 2. The van der Waals surface area contributed by atoms with Crippen molar-refractivity contribution in [3.63, 3.8) is 0 Å². The van der Waals surface area contributed by atoms with Gasteiger partial charge in [0, 0.05) is 30.6 Å². The molecule has 160 valence electrons. The van der Waals surface area contributed by atoms with Crippen LogP contribution in [0.4, 0.5) is 0 Å². The van der Waals surface area contributed by atoms with Gasteiger partial charge in [0.1, 0.15) is 11.5 Å². The zero-order chi connectivity index (χ0) is 21.3. The highest BCUT2D eigenvalue weighted by Gasteiger charge is 2.60. The third kappa shape index (κ3) is 3.16. The second-order valence-electron chi connectivity index (χ2n) is 8.15. The van der Waals surface area contributed by atoms with E-state index in [1.807, 2.05) is 43.0 Å². The van der Waals surface area contributed by atoms with Gasteiger partial charge in [0.15, 0.2) is 12.1 Å². The zero-order valence-electron chi connectivity index (χ0n) is 17.8. The van der Waals surface area contributed by atoms with Gasteiger partial charge in [-0.05, 0) is 31.7 Å². The maximum Gasteiger partial charge on any atom is 0.276 e. The second kappa shape index (κ2) is 8.13. The van der Waals surface area contributed by atoms with Crippen LogP contribution < -0.4 is 10.1 Å². The van der Waals surface area contributed by atoms with Gasteiger partial charge < -0.3 is 19.4 Å². The van der Waals surface area contributed by atoms with Gasteiger partial charge in [0.05, 0.1) is 12.5 Å². The average molecular weight is 412 g/mol. The summed E-state index contributed by atoms with van der Waals surface area (Å²) in [6.45, 7) is 4.39. The number of aryl methyl sites for hydroxylation is 1. The molecule has 3 heterocycles. The average Bonchev–Trinajstić information content (AvgIpc) is 3.50. The fourth-order valence-electron chi connectivity index (χ4n) is 5.29. The topological polar surface area (TPSA) is 84.7 Å². The van der Waals surface area contributed by atoms with Crippen LogP contribution in [0.3, 0.4) is 0 Å². The number of nitrogens with one attached hydrogen (secondary N) is 1. The number of para-hydroxylation sites is 1. The summed E-state index contributed by atoms with van der Waals surface area (Å²) in [6, 6.07) is 7.63. The summed E-state index contributed by atoms with van der Waals surface area (Å²) >= 11 is 0. The molecule has 2 amide bonds. The van der Waals surface area contributed by atoms with Crippen molar-refractivity contribution in [3.8, 4) is 5.75 Å². The van der Waals surface area contributed by atoms with Crippen molar-refractivity contribution in [2.24, 2.45) is 5.41 Å². The van der Waals surface area contributed by atoms with Crippen LogP contribution in [0.5, 0.6) is 5.75 Å². The number of amides is 2. The number of ether oxygens (including phenoxy) is 1. The van der Waals surface area contributed by atoms with Gasteiger partial charge in [0.2, 0.25) is 5.91 Å². The number of carbonyl (C=O) groups is 2. The number of benzene rings is 1. The van der Waals surface area contributed by atoms with E-state index < -0.39 is 5.41 Å². The lowest BCUT2D eigenvalue weighted by Gasteiger charge is -2.35. The van der Waals surface area contributed by atoms with Crippen molar-refractivity contribution >= 4 is 11.8 Å². The molecule has 1 N–H and O–H groups in total. The van der Waals surface area contributed by atoms with Gasteiger partial charge >= 0.3 is 0 Å². The van der Waals surface area contributed by atoms with Gasteiger partial charge in [-0.25, -0.2) is 4.98 Å². The minimum absolute atomic E-state index is 0.0109. The van der Waals surface area contributed by atoms with Crippen molar-refractivity contribution < 1.29 is 18.7 Å². The molecule has 1 aromatic carbocycles. The number of fused-ring (bicyclic) bond motifs is 2. The largest absolute Gasteiger partial charge is 0.496 e. The molecule has 0 aliphatic carbocycles. The quantitative estimate of drug-likeness (QED) is 0.755. The van der Waals surface area contributed by atoms with Crippen molar-refractivity contribution in [2.45, 2.75) is 64.6 Å². The summed E-state index contributed by atoms with van der Waals surface area (Å²) in [7, 11) is 1.63. The highest BCUT2D eigenvalue weighted by atomic mass is 16.5. The number of hydrogen-bond acceptors (Lipinski definition) is 5. The third-order valence-electron chi connectivity index (χ3n) is 6.85. The van der Waals surface area contributed by atoms with Crippen LogP contribution >= 0.6 is 0 Å². The molecule has 3 atom stereocenters. The third-order valence-corrected chi connectivity index (χ3v) is 6.85. The molecule has 2 saturated heterocycles. The molecule has 1 aromatic heterocycles. The van der Waals surface area contributed by atoms with Gasteiger partial charge in [0.25, 0.3) is 5.91 Å². The highest BCUT2D eigenvalue weighted by Crippen LogP contribution is 2.52. The van der Waals surface area contributed by atoms with Crippen LogP contribution in [0.2, 0.25) is 0 Å². The minimum atomic E-state index is -0.573. The van der Waals surface area contributed by atoms with Crippen LogP contribution in [0.25, 0.3) is 0 Å². The Bertz CT molecular complexity index is 940. The first-order chi connectivity index (χ1) is 14.6. The van der Waals surface area contributed by atoms with Crippen LogP contribution in [-0.2, 0) is 17.8 Å². The van der Waals surface area contributed by atoms with E-state index in [1.165, 1.54) is 6.39 Å². The lowest BCUT2D eigenvalue weighted by molar-refractivity contribution is -0.133. The van der Waals surface area contributed by atoms with Gasteiger partial charge in [-0.2, -0.15) is 0 Å². The normalized spacial score (nSPS) is 24.8. The van der Waals surface area contributed by atoms with E-state index in [-0.39, 0.29) is 23.9 Å². The summed E-state index contributed by atoms with van der Waals surface area (Å²) in [5.74, 6) is 1.26. The van der Waals surface area contributed by atoms with E-state index in [4.69, 9.17) is 9.15 Å². The first kappa shape index (κ1) is 20.4. The Labute approximate surface area is 176 Å². The predicted octanol–water partition coefficient (Wildman–Crippen LogP) is 3.34. The Morgan fingerprint density at radius 3 is 2.83 bits per heavy atom. The minimum Gasteiger partial charge on any atom is -0.496 e. The molecule has 2 aliphatic heterocycles. The highest BCUT2D eigenvalue weighted by molar-refractivity contribution is 5.95. The fraction of sp³-hybridized carbons (Fsp3) is 0.522. The maximum absolute atomic E-state index is 13.4. The van der Waals surface area contributed by atoms with E-state index in [2.05, 4.69) is 10.3 Å². The van der Waals surface area contributed by atoms with Crippen LogP contribution in [-0.4, -0.2) is 40.9 Å². The molecule has 2 bridgehead atoms. The SMILES string of the molecule is CCc1ocnc1C(=O)N1[C@@H]2CC[C@H]1[C@@](CC)(C(=O)NCc1ccccc1OC)C2. The summed E-state index contributed by atoms with van der Waals surface area (Å²) in [6.07, 6.45) is 5.09. The molecule has 4 rings (SSSR count). The fourth-order valence-corrected chi connectivity index (χ4v) is 5.29. The predicted molar refractivity (Wildman–Crippen MR) is 111 cm³/mol. The van der Waals surface area contributed by atoms with E-state index in [1.54, 1.807) is 7.11 Å². The Hall–Kier alpha value is -2.83. The molecule has 0 saturated carbocycles. The van der Waals surface area contributed by atoms with E-state index in [0.717, 1.165) is 24.2 Å².